The molecule has 25 heavy (non-hydrogen) atoms. The molecule has 0 aliphatic carbocycles. The second-order valence-corrected chi connectivity index (χ2v) is 5.91. The quantitative estimate of drug-likeness (QED) is 0.554. The smallest absolute Gasteiger partial charge is 0.270 e. The lowest BCUT2D eigenvalue weighted by molar-refractivity contribution is 0.455. The van der Waals surface area contributed by atoms with Gasteiger partial charge in [0.15, 0.2) is 10.3 Å². The first-order chi connectivity index (χ1) is 12.1. The minimum atomic E-state index is -0.464. The number of rotatable bonds is 4. The Kier molecular flexibility index (Phi) is 4.97. The molecule has 0 radical (unpaired) electrons. The molecule has 124 valence electrons. The van der Waals surface area contributed by atoms with Crippen LogP contribution in [0.25, 0.3) is 11.3 Å². The lowest BCUT2D eigenvalue weighted by Crippen LogP contribution is -2.14. The third kappa shape index (κ3) is 3.79. The molecule has 0 unspecified atom stereocenters. The molecule has 0 fully saturated rings. The van der Waals surface area contributed by atoms with Crippen LogP contribution in [0, 0.1) is 11.3 Å². The molecule has 0 aliphatic rings. The fourth-order valence-electron chi connectivity index (χ4n) is 2.02. The summed E-state index contributed by atoms with van der Waals surface area (Å²) in [6.45, 7) is 0. The zero-order valence-electron chi connectivity index (χ0n) is 12.9. The van der Waals surface area contributed by atoms with Crippen molar-refractivity contribution in [2.45, 2.75) is 5.16 Å². The first-order valence-electron chi connectivity index (χ1n) is 6.96. The van der Waals surface area contributed by atoms with Gasteiger partial charge in [-0.05, 0) is 36.6 Å². The first kappa shape index (κ1) is 17.0. The zero-order chi connectivity index (χ0) is 17.8. The Bertz CT molecular complexity index is 997. The van der Waals surface area contributed by atoms with E-state index in [9.17, 15) is 10.1 Å². The number of hydrogen-bond acceptors (Lipinski definition) is 7. The molecule has 1 N–H and O–H groups in total. The molecule has 0 bridgehead atoms. The number of aromatic amines is 1. The van der Waals surface area contributed by atoms with Crippen LogP contribution in [-0.2, 0) is 0 Å². The third-order valence-corrected chi connectivity index (χ3v) is 3.94. The van der Waals surface area contributed by atoms with Gasteiger partial charge >= 0.3 is 0 Å². The van der Waals surface area contributed by atoms with E-state index in [1.54, 1.807) is 42.7 Å². The molecular weight excluding hydrogens is 362 g/mol. The fourth-order valence-corrected chi connectivity index (χ4v) is 2.50. The van der Waals surface area contributed by atoms with E-state index in [2.05, 4.69) is 20.2 Å². The number of H-pyrrole nitrogens is 1. The Labute approximate surface area is 151 Å². The maximum atomic E-state index is 12.0. The van der Waals surface area contributed by atoms with Crippen molar-refractivity contribution in [1.29, 1.82) is 5.26 Å². The van der Waals surface area contributed by atoms with Gasteiger partial charge in [0.2, 0.25) is 5.88 Å². The highest BCUT2D eigenvalue weighted by molar-refractivity contribution is 7.98. The van der Waals surface area contributed by atoms with Crippen molar-refractivity contribution in [1.82, 2.24) is 20.2 Å². The average molecular weight is 372 g/mol. The summed E-state index contributed by atoms with van der Waals surface area (Å²) in [6.07, 6.45) is 1.79. The van der Waals surface area contributed by atoms with Crippen LogP contribution < -0.4 is 10.3 Å². The summed E-state index contributed by atoms with van der Waals surface area (Å²) in [4.78, 5) is 18.9. The van der Waals surface area contributed by atoms with Gasteiger partial charge in [0, 0.05) is 11.6 Å². The molecule has 0 amide bonds. The first-order valence-corrected chi connectivity index (χ1v) is 8.57. The van der Waals surface area contributed by atoms with E-state index in [1.807, 2.05) is 6.07 Å². The lowest BCUT2D eigenvalue weighted by atomic mass is 10.1. The predicted molar refractivity (Wildman–Crippen MR) is 93.9 cm³/mol. The number of benzene rings is 1. The highest BCUT2D eigenvalue weighted by atomic mass is 35.5. The maximum Gasteiger partial charge on any atom is 0.270 e. The molecule has 2 heterocycles. The molecule has 0 aliphatic heterocycles. The van der Waals surface area contributed by atoms with Crippen LogP contribution in [0.5, 0.6) is 11.6 Å². The van der Waals surface area contributed by atoms with Crippen molar-refractivity contribution >= 4 is 23.4 Å². The normalized spacial score (nSPS) is 10.3. The topological polar surface area (TPSA) is 105 Å². The van der Waals surface area contributed by atoms with Crippen molar-refractivity contribution < 1.29 is 4.74 Å². The van der Waals surface area contributed by atoms with Gasteiger partial charge in [-0.1, -0.05) is 23.4 Å². The van der Waals surface area contributed by atoms with Crippen LogP contribution in [0.4, 0.5) is 0 Å². The van der Waals surface area contributed by atoms with Crippen LogP contribution in [0.3, 0.4) is 0 Å². The molecule has 0 saturated carbocycles. The summed E-state index contributed by atoms with van der Waals surface area (Å²) < 4.78 is 5.56. The van der Waals surface area contributed by atoms with Gasteiger partial charge in [-0.2, -0.15) is 5.26 Å². The molecule has 0 spiro atoms. The van der Waals surface area contributed by atoms with E-state index < -0.39 is 5.56 Å². The van der Waals surface area contributed by atoms with Crippen LogP contribution in [-0.4, -0.2) is 26.4 Å². The van der Waals surface area contributed by atoms with Gasteiger partial charge in [0.25, 0.3) is 5.56 Å². The Morgan fingerprint density at radius 2 is 1.96 bits per heavy atom. The number of halogens is 1. The van der Waals surface area contributed by atoms with Gasteiger partial charge < -0.3 is 9.72 Å². The molecule has 9 heteroatoms. The number of hydrogen-bond donors (Lipinski definition) is 1. The summed E-state index contributed by atoms with van der Waals surface area (Å²) in [5, 5.41) is 17.4. The maximum absolute atomic E-state index is 12.0. The van der Waals surface area contributed by atoms with Crippen LogP contribution in [0.15, 0.2) is 46.3 Å². The van der Waals surface area contributed by atoms with Gasteiger partial charge in [-0.25, -0.2) is 4.98 Å². The molecule has 3 aromatic rings. The predicted octanol–water partition coefficient (Wildman–Crippen LogP) is 3.27. The molecule has 2 aromatic heterocycles. The lowest BCUT2D eigenvalue weighted by Gasteiger charge is -2.07. The molecule has 0 atom stereocenters. The summed E-state index contributed by atoms with van der Waals surface area (Å²) in [6, 6.07) is 11.9. The number of nitriles is 1. The number of nitrogens with one attached hydrogen (secondary N) is 1. The van der Waals surface area contributed by atoms with Crippen LogP contribution >= 0.6 is 23.4 Å². The average Bonchev–Trinajstić information content (AvgIpc) is 2.63. The van der Waals surface area contributed by atoms with Crippen molar-refractivity contribution in [3.05, 3.63) is 57.5 Å². The second kappa shape index (κ2) is 7.34. The van der Waals surface area contributed by atoms with Crippen molar-refractivity contribution in [2.24, 2.45) is 0 Å². The van der Waals surface area contributed by atoms with E-state index in [4.69, 9.17) is 16.3 Å². The molecule has 7 nitrogen and oxygen atoms in total. The SMILES string of the molecule is CSc1nc(-c2ccc(Oc3ccc(Cl)nn3)cc2)c(C#N)c(=O)[nH]1. The number of ether oxygens (including phenoxy) is 1. The van der Waals surface area contributed by atoms with Gasteiger partial charge in [0.05, 0.1) is 5.69 Å². The number of aromatic nitrogens is 4. The van der Waals surface area contributed by atoms with E-state index in [1.165, 1.54) is 11.8 Å². The highest BCUT2D eigenvalue weighted by Gasteiger charge is 2.13. The fraction of sp³-hybridized carbons (Fsp3) is 0.0625. The Balaban J connectivity index is 1.93. The minimum absolute atomic E-state index is 0.0324. The van der Waals surface area contributed by atoms with E-state index in [-0.39, 0.29) is 10.7 Å². The second-order valence-electron chi connectivity index (χ2n) is 4.73. The monoisotopic (exact) mass is 371 g/mol. The standard InChI is InChI=1S/C16H10ClN5O2S/c1-25-16-19-14(11(8-18)15(23)20-16)9-2-4-10(5-3-9)24-13-7-6-12(17)21-22-13/h2-7H,1H3,(H,19,20,23). The van der Waals surface area contributed by atoms with Crippen molar-refractivity contribution in [2.75, 3.05) is 6.26 Å². The molecular formula is C16H10ClN5O2S. The van der Waals surface area contributed by atoms with E-state index >= 15 is 0 Å². The van der Waals surface area contributed by atoms with Gasteiger partial charge in [0.1, 0.15) is 17.4 Å². The zero-order valence-corrected chi connectivity index (χ0v) is 14.4. The molecule has 0 saturated heterocycles. The highest BCUT2D eigenvalue weighted by Crippen LogP contribution is 2.25. The molecule has 3 rings (SSSR count). The Morgan fingerprint density at radius 1 is 1.20 bits per heavy atom. The van der Waals surface area contributed by atoms with Crippen molar-refractivity contribution in [3.63, 3.8) is 0 Å². The summed E-state index contributed by atoms with van der Waals surface area (Å²) in [5.74, 6) is 0.822. The third-order valence-electron chi connectivity index (χ3n) is 3.16. The van der Waals surface area contributed by atoms with E-state index in [0.717, 1.165) is 0 Å². The summed E-state index contributed by atoms with van der Waals surface area (Å²) in [5.41, 5.74) is 0.463. The van der Waals surface area contributed by atoms with E-state index in [0.29, 0.717) is 28.0 Å². The molecule has 1 aromatic carbocycles. The Hall–Kier alpha value is -2.89. The number of nitrogens with zero attached hydrogens (tertiary/aromatic N) is 4. The van der Waals surface area contributed by atoms with Crippen molar-refractivity contribution in [3.8, 4) is 29.0 Å². The van der Waals surface area contributed by atoms with Crippen LogP contribution in [0.1, 0.15) is 5.56 Å². The largest absolute Gasteiger partial charge is 0.438 e. The summed E-state index contributed by atoms with van der Waals surface area (Å²) in [7, 11) is 0. The van der Waals surface area contributed by atoms with Gasteiger partial charge in [-0.3, -0.25) is 4.79 Å². The Morgan fingerprint density at radius 3 is 2.56 bits per heavy atom. The minimum Gasteiger partial charge on any atom is -0.438 e. The number of thioether (sulfide) groups is 1. The van der Waals surface area contributed by atoms with Gasteiger partial charge in [-0.15, -0.1) is 10.2 Å². The van der Waals surface area contributed by atoms with Crippen LogP contribution in [0.2, 0.25) is 5.15 Å². The summed E-state index contributed by atoms with van der Waals surface area (Å²) >= 11 is 6.97.